The number of hydrogen-bond donors (Lipinski definition) is 0. The first-order chi connectivity index (χ1) is 33.1. The molecule has 336 valence electrons. The number of fused-ring (bicyclic) bond motifs is 11. The molecule has 0 bridgehead atoms. The van der Waals surface area contributed by atoms with Crippen molar-refractivity contribution in [2.24, 2.45) is 0 Å². The van der Waals surface area contributed by atoms with Crippen LogP contribution in [0.25, 0.3) is 99.4 Å². The van der Waals surface area contributed by atoms with Crippen LogP contribution in [-0.2, 0) is 16.2 Å². The lowest BCUT2D eigenvalue weighted by atomic mass is 9.79. The van der Waals surface area contributed by atoms with Gasteiger partial charge in [0.25, 0.3) is 0 Å². The van der Waals surface area contributed by atoms with Crippen LogP contribution in [0.2, 0.25) is 0 Å². The van der Waals surface area contributed by atoms with Crippen LogP contribution >= 0.6 is 10.0 Å². The molecule has 1 heteroatoms. The molecule has 0 heterocycles. The predicted molar refractivity (Wildman–Crippen MR) is 300 cm³/mol. The zero-order chi connectivity index (χ0) is 47.4. The molecule has 0 saturated carbocycles. The second kappa shape index (κ2) is 14.5. The van der Waals surface area contributed by atoms with Crippen molar-refractivity contribution >= 4 is 31.6 Å². The van der Waals surface area contributed by atoms with Gasteiger partial charge in [-0.1, -0.05) is 193 Å². The van der Waals surface area contributed by atoms with Gasteiger partial charge in [0.15, 0.2) is 0 Å². The predicted octanol–water partition coefficient (Wildman–Crippen LogP) is 18.6. The van der Waals surface area contributed by atoms with Gasteiger partial charge in [0, 0.05) is 16.2 Å². The third-order valence-corrected chi connectivity index (χ3v) is 18.3. The highest BCUT2D eigenvalue weighted by atomic mass is 32.3. The van der Waals surface area contributed by atoms with Gasteiger partial charge in [0.05, 0.1) is 0 Å². The normalized spacial score (nSPS) is 15.6. The third kappa shape index (κ3) is 6.02. The van der Waals surface area contributed by atoms with E-state index in [0.717, 1.165) is 0 Å². The van der Waals surface area contributed by atoms with Crippen molar-refractivity contribution < 1.29 is 0 Å². The molecule has 0 aromatic heterocycles. The van der Waals surface area contributed by atoms with Gasteiger partial charge in [0.1, 0.15) is 0 Å². The van der Waals surface area contributed by atoms with Crippen molar-refractivity contribution in [1.29, 1.82) is 0 Å². The average Bonchev–Trinajstić information content (AvgIpc) is 3.84. The molecule has 0 fully saturated rings. The minimum absolute atomic E-state index is 0.0894. The smallest absolute Gasteiger partial charge is 0.0159 e. The molecule has 13 rings (SSSR count). The molecule has 0 spiro atoms. The maximum atomic E-state index is 2.53. The van der Waals surface area contributed by atoms with Crippen molar-refractivity contribution in [2.75, 3.05) is 18.8 Å². The Kier molecular flexibility index (Phi) is 8.90. The van der Waals surface area contributed by atoms with Crippen LogP contribution in [0, 0.1) is 0 Å². The monoisotopic (exact) mass is 906 g/mol. The molecule has 0 amide bonds. The van der Waals surface area contributed by atoms with E-state index in [2.05, 4.69) is 248 Å². The van der Waals surface area contributed by atoms with Crippen molar-refractivity contribution in [3.05, 3.63) is 221 Å². The largest absolute Gasteiger partial charge is 0.223 e. The second-order valence-electron chi connectivity index (χ2n) is 22.4. The zero-order valence-corrected chi connectivity index (χ0v) is 42.1. The summed E-state index contributed by atoms with van der Waals surface area (Å²) in [6.45, 7) is 14.4. The van der Waals surface area contributed by atoms with Gasteiger partial charge in [0.2, 0.25) is 0 Å². The van der Waals surface area contributed by atoms with E-state index in [1.807, 2.05) is 0 Å². The molecule has 3 aliphatic carbocycles. The first-order valence-electron chi connectivity index (χ1n) is 24.7. The van der Waals surface area contributed by atoms with E-state index < -0.39 is 10.0 Å². The van der Waals surface area contributed by atoms with Crippen LogP contribution < -0.4 is 0 Å². The molecule has 0 aliphatic heterocycles. The van der Waals surface area contributed by atoms with Crippen LogP contribution in [0.5, 0.6) is 0 Å². The molecular weight excluding hydrogens is 849 g/mol. The summed E-state index contributed by atoms with van der Waals surface area (Å²) in [5.41, 5.74) is 26.3. The first-order valence-corrected chi connectivity index (χ1v) is 27.5. The van der Waals surface area contributed by atoms with Gasteiger partial charge in [-0.25, -0.2) is 10.0 Å². The third-order valence-electron chi connectivity index (χ3n) is 16.6. The summed E-state index contributed by atoms with van der Waals surface area (Å²) in [7, 11) is -1.03. The van der Waals surface area contributed by atoms with E-state index in [-0.39, 0.29) is 16.2 Å². The fourth-order valence-corrected chi connectivity index (χ4v) is 14.4. The van der Waals surface area contributed by atoms with Gasteiger partial charge in [-0.15, -0.1) is 0 Å². The maximum Gasteiger partial charge on any atom is 0.0159 e. The Bertz CT molecular complexity index is 3850. The molecule has 0 radical (unpaired) electrons. The number of benzene rings is 10. The van der Waals surface area contributed by atoms with Gasteiger partial charge in [-0.3, -0.25) is 0 Å². The summed E-state index contributed by atoms with van der Waals surface area (Å²) in [6, 6.07) is 72.8. The van der Waals surface area contributed by atoms with E-state index in [0.29, 0.717) is 0 Å². The number of rotatable bonds is 5. The van der Waals surface area contributed by atoms with Gasteiger partial charge < -0.3 is 0 Å². The maximum absolute atomic E-state index is 2.53. The molecule has 0 nitrogen and oxygen atoms in total. The lowest BCUT2D eigenvalue weighted by Crippen LogP contribution is -2.15. The summed E-state index contributed by atoms with van der Waals surface area (Å²) in [6.07, 6.45) is 7.25. The van der Waals surface area contributed by atoms with E-state index in [9.17, 15) is 0 Å². The summed E-state index contributed by atoms with van der Waals surface area (Å²) >= 11 is 0. The highest BCUT2D eigenvalue weighted by molar-refractivity contribution is 8.32. The topological polar surface area (TPSA) is 0 Å². The van der Waals surface area contributed by atoms with Crippen LogP contribution in [0.4, 0.5) is 0 Å². The van der Waals surface area contributed by atoms with E-state index in [1.54, 1.807) is 0 Å². The highest BCUT2D eigenvalue weighted by Gasteiger charge is 2.38. The Hall–Kier alpha value is -6.93. The molecule has 0 N–H and O–H groups in total. The Morgan fingerprint density at radius 1 is 0.261 bits per heavy atom. The van der Waals surface area contributed by atoms with Crippen molar-refractivity contribution in [2.45, 2.75) is 62.7 Å². The lowest BCUT2D eigenvalue weighted by Gasteiger charge is -2.29. The summed E-state index contributed by atoms with van der Waals surface area (Å²) in [5, 5.41) is 5.12. The summed E-state index contributed by atoms with van der Waals surface area (Å²) in [5.74, 6) is 0. The van der Waals surface area contributed by atoms with E-state index in [1.165, 1.54) is 138 Å². The SMILES string of the molecule is CC1(C)c2ccccc2-c2ccc(-c3ccc4c(-c5ccc6c(c5)C(C)(C)c5ccccc5-6)c5cc(-c6ccccc6S(C)(C)C)ccc5c(-c5ccc6c(c5)C(C)(C)c5ccccc5-6)c4c3)cc21. The quantitative estimate of drug-likeness (QED) is 0.151. The van der Waals surface area contributed by atoms with Crippen LogP contribution in [-0.4, -0.2) is 18.8 Å². The van der Waals surface area contributed by atoms with Crippen molar-refractivity contribution in [3.63, 3.8) is 0 Å². The molecule has 0 saturated heterocycles. The minimum atomic E-state index is -1.03. The van der Waals surface area contributed by atoms with Crippen molar-refractivity contribution in [1.82, 2.24) is 0 Å². The Labute approximate surface area is 410 Å². The summed E-state index contributed by atoms with van der Waals surface area (Å²) in [4.78, 5) is 1.44. The number of hydrogen-bond acceptors (Lipinski definition) is 0. The van der Waals surface area contributed by atoms with Crippen LogP contribution in [0.1, 0.15) is 74.9 Å². The molecule has 0 atom stereocenters. The molecule has 10 aromatic rings. The van der Waals surface area contributed by atoms with Gasteiger partial charge in [-0.05, 0) is 193 Å². The van der Waals surface area contributed by atoms with Gasteiger partial charge in [-0.2, -0.15) is 0 Å². The van der Waals surface area contributed by atoms with Crippen molar-refractivity contribution in [3.8, 4) is 77.9 Å². The fraction of sp³-hybridized carbons (Fsp3) is 0.176. The van der Waals surface area contributed by atoms with Gasteiger partial charge >= 0.3 is 0 Å². The Balaban J connectivity index is 1.12. The summed E-state index contributed by atoms with van der Waals surface area (Å²) < 4.78 is 0. The standard InChI is InChI=1S/C68H58S/c1-66(2)57-22-14-10-19-47(57)50-31-26-42(38-60(50)66)41-27-34-53-55(36-41)64(44-29-32-51-48-20-11-15-23-58(48)67(3,4)61(51)39-44)54-35-28-43(46-18-13-17-25-63(46)69(7,8)9)37-56(54)65(53)45-30-33-52-49-21-12-16-24-59(49)68(5,6)62(52)40-45/h10-40H,1-9H3. The highest BCUT2D eigenvalue weighted by Crippen LogP contribution is 2.56. The van der Waals surface area contributed by atoms with E-state index in [4.69, 9.17) is 0 Å². The zero-order valence-electron chi connectivity index (χ0n) is 41.3. The molecular formula is C68H58S. The molecule has 0 unspecified atom stereocenters. The van der Waals surface area contributed by atoms with E-state index >= 15 is 0 Å². The minimum Gasteiger partial charge on any atom is -0.223 e. The Morgan fingerprint density at radius 3 is 1.03 bits per heavy atom. The lowest BCUT2D eigenvalue weighted by molar-refractivity contribution is 0.660. The molecule has 69 heavy (non-hydrogen) atoms. The van der Waals surface area contributed by atoms with Crippen LogP contribution in [0.3, 0.4) is 0 Å². The fourth-order valence-electron chi connectivity index (χ4n) is 13.0. The molecule has 10 aromatic carbocycles. The second-order valence-corrected chi connectivity index (χ2v) is 26.5. The Morgan fingerprint density at radius 2 is 0.580 bits per heavy atom. The first kappa shape index (κ1) is 42.2. The van der Waals surface area contributed by atoms with Crippen LogP contribution in [0.15, 0.2) is 193 Å². The molecule has 3 aliphatic rings. The average molecular weight is 907 g/mol.